The second-order valence-corrected chi connectivity index (χ2v) is 14.3. The molecule has 0 saturated carbocycles. The average Bonchev–Trinajstić information content (AvgIpc) is 3.89. The predicted molar refractivity (Wildman–Crippen MR) is 222 cm³/mol. The lowest BCUT2D eigenvalue weighted by atomic mass is 9.98. The maximum absolute atomic E-state index is 6.11. The molecule has 1 aliphatic carbocycles. The van der Waals surface area contributed by atoms with Gasteiger partial charge in [0.25, 0.3) is 0 Å². The van der Waals surface area contributed by atoms with Crippen molar-refractivity contribution in [3.63, 3.8) is 0 Å². The minimum absolute atomic E-state index is 0.616. The first kappa shape index (κ1) is 31.0. The lowest BCUT2D eigenvalue weighted by Crippen LogP contribution is -2.11. The fourth-order valence-electron chi connectivity index (χ4n) is 7.19. The molecule has 0 spiro atoms. The third-order valence-electron chi connectivity index (χ3n) is 9.95. The van der Waals surface area contributed by atoms with Gasteiger partial charge < -0.3 is 9.32 Å². The Morgan fingerprint density at radius 2 is 1.02 bits per heavy atom. The van der Waals surface area contributed by atoms with Crippen molar-refractivity contribution in [3.05, 3.63) is 194 Å². The Balaban J connectivity index is 1.02. The fraction of sp³-hybridized carbons (Fsp3) is 0. The van der Waals surface area contributed by atoms with Crippen molar-refractivity contribution < 1.29 is 4.42 Å². The minimum atomic E-state index is 0.616. The standard InChI is InChI=1S/C49H32N2OS/c1-2-9-39-32-40(21-20-33(39)8-1)36-18-16-34(17-19-36)35-22-27-41(28-23-35)51(42-29-24-38(25-30-42)49-50-44-12-4-6-14-46(44)52-49)45-13-5-3-11-43(45)48-31-26-37-10-7-15-47(37)53-48/h1-32H. The lowest BCUT2D eigenvalue weighted by molar-refractivity contribution is 0.620. The van der Waals surface area contributed by atoms with E-state index >= 15 is 0 Å². The summed E-state index contributed by atoms with van der Waals surface area (Å²) in [4.78, 5) is 9.59. The first-order valence-corrected chi connectivity index (χ1v) is 18.6. The summed E-state index contributed by atoms with van der Waals surface area (Å²) in [5.41, 5.74) is 13.0. The first-order valence-electron chi connectivity index (χ1n) is 17.8. The number of hydrogen-bond acceptors (Lipinski definition) is 4. The number of benzene rings is 7. The molecule has 8 aromatic rings. The molecule has 2 heterocycles. The van der Waals surface area contributed by atoms with Gasteiger partial charge in [0.2, 0.25) is 5.89 Å². The Hall–Kier alpha value is -6.75. The highest BCUT2D eigenvalue weighted by Crippen LogP contribution is 2.44. The molecule has 0 N–H and O–H groups in total. The van der Waals surface area contributed by atoms with E-state index in [4.69, 9.17) is 9.40 Å². The van der Waals surface area contributed by atoms with E-state index in [2.05, 4.69) is 175 Å². The molecule has 2 aliphatic rings. The van der Waals surface area contributed by atoms with Gasteiger partial charge in [0.1, 0.15) is 5.52 Å². The predicted octanol–water partition coefficient (Wildman–Crippen LogP) is 14.3. The molecule has 0 bridgehead atoms. The summed E-state index contributed by atoms with van der Waals surface area (Å²) in [6.45, 7) is 0. The maximum atomic E-state index is 6.11. The molecule has 1 aromatic heterocycles. The van der Waals surface area contributed by atoms with Crippen molar-refractivity contribution in [3.8, 4) is 54.6 Å². The first-order chi connectivity index (χ1) is 26.2. The molecule has 4 heteroatoms. The highest BCUT2D eigenvalue weighted by molar-refractivity contribution is 7.18. The van der Waals surface area contributed by atoms with Gasteiger partial charge in [0.05, 0.1) is 5.69 Å². The summed E-state index contributed by atoms with van der Waals surface area (Å²) in [6.07, 6.45) is 0. The Morgan fingerprint density at radius 3 is 1.79 bits per heavy atom. The average molecular weight is 697 g/mol. The Bertz CT molecular complexity index is 2800. The Kier molecular flexibility index (Phi) is 7.67. The number of oxazole rings is 1. The number of rotatable bonds is 7. The molecule has 0 radical (unpaired) electrons. The molecule has 53 heavy (non-hydrogen) atoms. The van der Waals surface area contributed by atoms with Crippen LogP contribution in [0.2, 0.25) is 0 Å². The van der Waals surface area contributed by atoms with Crippen LogP contribution >= 0.6 is 11.3 Å². The van der Waals surface area contributed by atoms with Gasteiger partial charge in [0.15, 0.2) is 5.58 Å². The van der Waals surface area contributed by atoms with Crippen molar-refractivity contribution in [1.82, 2.24) is 4.98 Å². The Labute approximate surface area is 312 Å². The van der Waals surface area contributed by atoms with E-state index in [1.54, 1.807) is 0 Å². The topological polar surface area (TPSA) is 29.3 Å². The van der Waals surface area contributed by atoms with Crippen LogP contribution in [0.4, 0.5) is 17.1 Å². The van der Waals surface area contributed by atoms with Crippen LogP contribution in [0.3, 0.4) is 0 Å². The van der Waals surface area contributed by atoms with Crippen molar-refractivity contribution in [1.29, 1.82) is 0 Å². The number of nitrogens with zero attached hydrogens (tertiary/aromatic N) is 2. The van der Waals surface area contributed by atoms with E-state index in [0.29, 0.717) is 5.89 Å². The van der Waals surface area contributed by atoms with Crippen LogP contribution in [0.15, 0.2) is 199 Å². The van der Waals surface area contributed by atoms with Gasteiger partial charge in [-0.05, 0) is 111 Å². The third kappa shape index (κ3) is 5.85. The SMILES string of the molecule is c1cc2ccc(-c3ccccc3N(c3ccc(-c4ccc(-c5ccc6ccccc6c5)cc4)cc3)c3ccc(-c4nc5ccccc5o4)cc3)sc-2c1. The molecular weight excluding hydrogens is 665 g/mol. The molecule has 1 aliphatic heterocycles. The van der Waals surface area contributed by atoms with Gasteiger partial charge in [-0.1, -0.05) is 121 Å². The highest BCUT2D eigenvalue weighted by atomic mass is 32.1. The molecule has 250 valence electrons. The Morgan fingerprint density at radius 1 is 0.415 bits per heavy atom. The second kappa shape index (κ2) is 13.1. The quantitative estimate of drug-likeness (QED) is 0.166. The molecule has 0 atom stereocenters. The molecule has 0 amide bonds. The summed E-state index contributed by atoms with van der Waals surface area (Å²) in [7, 11) is 0. The van der Waals surface area contributed by atoms with E-state index in [-0.39, 0.29) is 0 Å². The summed E-state index contributed by atoms with van der Waals surface area (Å²) >= 11 is 1.82. The van der Waals surface area contributed by atoms with Crippen molar-refractivity contribution in [2.45, 2.75) is 0 Å². The molecule has 3 nitrogen and oxygen atoms in total. The monoisotopic (exact) mass is 696 g/mol. The van der Waals surface area contributed by atoms with E-state index in [9.17, 15) is 0 Å². The van der Waals surface area contributed by atoms with Gasteiger partial charge in [-0.2, -0.15) is 0 Å². The number of fused-ring (bicyclic) bond motifs is 3. The van der Waals surface area contributed by atoms with Gasteiger partial charge in [-0.25, -0.2) is 4.98 Å². The van der Waals surface area contributed by atoms with Gasteiger partial charge in [-0.15, -0.1) is 11.3 Å². The normalized spacial score (nSPS) is 11.4. The third-order valence-corrected chi connectivity index (χ3v) is 11.1. The summed E-state index contributed by atoms with van der Waals surface area (Å²) in [5.74, 6) is 0.616. The number of aromatic nitrogens is 1. The van der Waals surface area contributed by atoms with Crippen molar-refractivity contribution in [2.24, 2.45) is 0 Å². The minimum Gasteiger partial charge on any atom is -0.436 e. The van der Waals surface area contributed by atoms with Crippen LogP contribution in [0.1, 0.15) is 0 Å². The molecular formula is C49H32N2OS. The van der Waals surface area contributed by atoms with Crippen LogP contribution in [0, 0.1) is 0 Å². The van der Waals surface area contributed by atoms with Gasteiger partial charge in [-0.3, -0.25) is 0 Å². The van der Waals surface area contributed by atoms with E-state index in [1.807, 2.05) is 35.6 Å². The molecule has 7 aromatic carbocycles. The van der Waals surface area contributed by atoms with Gasteiger partial charge in [0, 0.05) is 32.3 Å². The number of anilines is 3. The van der Waals surface area contributed by atoms with E-state index in [1.165, 1.54) is 53.9 Å². The van der Waals surface area contributed by atoms with Crippen LogP contribution in [-0.2, 0) is 0 Å². The summed E-state index contributed by atoms with van der Waals surface area (Å²) in [6, 6.07) is 69.0. The zero-order chi connectivity index (χ0) is 35.1. The van der Waals surface area contributed by atoms with Crippen LogP contribution in [0.25, 0.3) is 76.5 Å². The highest BCUT2D eigenvalue weighted by Gasteiger charge is 2.19. The summed E-state index contributed by atoms with van der Waals surface area (Å²) in [5, 5.41) is 2.51. The lowest BCUT2D eigenvalue weighted by Gasteiger charge is -2.28. The molecule has 0 saturated heterocycles. The van der Waals surface area contributed by atoms with E-state index in [0.717, 1.165) is 33.7 Å². The molecule has 0 unspecified atom stereocenters. The zero-order valence-corrected chi connectivity index (χ0v) is 29.5. The largest absolute Gasteiger partial charge is 0.436 e. The second-order valence-electron chi connectivity index (χ2n) is 13.2. The van der Waals surface area contributed by atoms with E-state index < -0.39 is 0 Å². The van der Waals surface area contributed by atoms with Crippen LogP contribution < -0.4 is 4.90 Å². The number of hydrogen-bond donors (Lipinski definition) is 0. The zero-order valence-electron chi connectivity index (χ0n) is 28.7. The van der Waals surface area contributed by atoms with Crippen molar-refractivity contribution in [2.75, 3.05) is 4.90 Å². The van der Waals surface area contributed by atoms with Crippen molar-refractivity contribution >= 4 is 50.3 Å². The molecule has 0 fully saturated rings. The number of para-hydroxylation sites is 3. The van der Waals surface area contributed by atoms with Crippen LogP contribution in [-0.4, -0.2) is 4.98 Å². The van der Waals surface area contributed by atoms with Crippen LogP contribution in [0.5, 0.6) is 0 Å². The smallest absolute Gasteiger partial charge is 0.227 e. The van der Waals surface area contributed by atoms with Gasteiger partial charge >= 0.3 is 0 Å². The fourth-order valence-corrected chi connectivity index (χ4v) is 8.25. The summed E-state index contributed by atoms with van der Waals surface area (Å²) < 4.78 is 6.11. The maximum Gasteiger partial charge on any atom is 0.227 e. The molecule has 10 rings (SSSR count).